The molecule has 1 unspecified atom stereocenters. The van der Waals surface area contributed by atoms with Crippen molar-refractivity contribution in [1.82, 2.24) is 14.5 Å². The van der Waals surface area contributed by atoms with Gasteiger partial charge >= 0.3 is 0 Å². The van der Waals surface area contributed by atoms with Crippen LogP contribution >= 0.6 is 35.6 Å². The number of rotatable bonds is 9. The first-order valence-corrected chi connectivity index (χ1v) is 15.6. The molecule has 0 bridgehead atoms. The molecule has 2 fully saturated rings. The monoisotopic (exact) mass is 630 g/mol. The number of nitrogens with two attached hydrogens (primary N) is 1. The van der Waals surface area contributed by atoms with Crippen LogP contribution in [0.25, 0.3) is 0 Å². The molecule has 0 aromatic heterocycles. The topological polar surface area (TPSA) is 113 Å². The van der Waals surface area contributed by atoms with E-state index < -0.39 is 28.0 Å². The summed E-state index contributed by atoms with van der Waals surface area (Å²) in [5, 5.41) is 0.267. The van der Waals surface area contributed by atoms with E-state index in [2.05, 4.69) is 21.8 Å². The number of nitrogens with one attached hydrogen (secondary N) is 1. The zero-order valence-electron chi connectivity index (χ0n) is 22.6. The van der Waals surface area contributed by atoms with Crippen molar-refractivity contribution in [2.75, 3.05) is 13.1 Å². The molecule has 8 nitrogen and oxygen atoms in total. The first-order chi connectivity index (χ1) is 18.5. The summed E-state index contributed by atoms with van der Waals surface area (Å²) in [6, 6.07) is 12.7. The predicted molar refractivity (Wildman–Crippen MR) is 160 cm³/mol. The van der Waals surface area contributed by atoms with Gasteiger partial charge in [-0.2, -0.15) is 0 Å². The standard InChI is InChI=1S/C28H36Cl2N4O4S.ClH/c1-18(2)14-25(27(35)32-39(37,38)22-10-11-23(29)24(30)16-22)33-13-12-21(9-8-19-6-4-3-5-7-19)34-17-20(31)15-26(34)28(33)36;/h3-7,10-11,16,18,20-21,25-26H,8-9,12-15,17,31H2,1-2H3,(H,32,35);1H/t20-,21?,25-,26+;/m1./s1. The van der Waals surface area contributed by atoms with Crippen molar-refractivity contribution in [3.63, 3.8) is 0 Å². The van der Waals surface area contributed by atoms with Crippen molar-refractivity contribution < 1.29 is 18.0 Å². The minimum atomic E-state index is -4.23. The highest BCUT2D eigenvalue weighted by atomic mass is 35.5. The van der Waals surface area contributed by atoms with Crippen molar-refractivity contribution in [3.8, 4) is 0 Å². The van der Waals surface area contributed by atoms with Crippen molar-refractivity contribution in [2.45, 2.75) is 75.0 Å². The molecule has 4 atom stereocenters. The summed E-state index contributed by atoms with van der Waals surface area (Å²) in [5.74, 6) is -0.863. The van der Waals surface area contributed by atoms with Gasteiger partial charge in [0.1, 0.15) is 6.04 Å². The van der Waals surface area contributed by atoms with Gasteiger partial charge in [-0.1, -0.05) is 67.4 Å². The summed E-state index contributed by atoms with van der Waals surface area (Å²) in [6.07, 6.45) is 3.23. The number of fused-ring (bicyclic) bond motifs is 1. The number of aryl methyl sites for hydroxylation is 1. The average Bonchev–Trinajstić information content (AvgIpc) is 3.22. The molecule has 12 heteroatoms. The smallest absolute Gasteiger partial charge is 0.264 e. The van der Waals surface area contributed by atoms with Gasteiger partial charge in [0.15, 0.2) is 0 Å². The number of amides is 2. The Morgan fingerprint density at radius 1 is 1.12 bits per heavy atom. The number of sulfonamides is 1. The molecule has 0 aliphatic carbocycles. The highest BCUT2D eigenvalue weighted by Gasteiger charge is 2.46. The summed E-state index contributed by atoms with van der Waals surface area (Å²) < 4.78 is 28.3. The van der Waals surface area contributed by atoms with Gasteiger partial charge in [-0.25, -0.2) is 13.1 Å². The van der Waals surface area contributed by atoms with Crippen molar-refractivity contribution in [1.29, 1.82) is 0 Å². The maximum atomic E-state index is 13.9. The Balaban J connectivity index is 0.00000441. The van der Waals surface area contributed by atoms with Crippen LogP contribution in [-0.4, -0.2) is 67.3 Å². The number of carbonyl (C=O) groups is 2. The maximum absolute atomic E-state index is 13.9. The van der Waals surface area contributed by atoms with Gasteiger partial charge in [0.05, 0.1) is 21.0 Å². The van der Waals surface area contributed by atoms with Gasteiger partial charge in [0, 0.05) is 25.2 Å². The molecule has 2 heterocycles. The average molecular weight is 632 g/mol. The van der Waals surface area contributed by atoms with Crippen LogP contribution in [0, 0.1) is 5.92 Å². The van der Waals surface area contributed by atoms with E-state index in [0.29, 0.717) is 32.4 Å². The van der Waals surface area contributed by atoms with E-state index in [0.717, 1.165) is 12.8 Å². The lowest BCUT2D eigenvalue weighted by Gasteiger charge is -2.33. The highest BCUT2D eigenvalue weighted by molar-refractivity contribution is 7.90. The fourth-order valence-corrected chi connectivity index (χ4v) is 7.02. The molecule has 2 aromatic carbocycles. The molecule has 0 radical (unpaired) electrons. The molecule has 2 amide bonds. The quantitative estimate of drug-likeness (QED) is 0.428. The van der Waals surface area contributed by atoms with Gasteiger partial charge < -0.3 is 10.6 Å². The van der Waals surface area contributed by atoms with E-state index in [1.54, 1.807) is 4.90 Å². The molecule has 4 rings (SSSR count). The van der Waals surface area contributed by atoms with Crippen LogP contribution in [-0.2, 0) is 26.0 Å². The number of nitrogens with zero attached hydrogens (tertiary/aromatic N) is 2. The third kappa shape index (κ3) is 7.69. The molecule has 40 heavy (non-hydrogen) atoms. The number of benzene rings is 2. The van der Waals surface area contributed by atoms with Gasteiger partial charge in [0.25, 0.3) is 15.9 Å². The lowest BCUT2D eigenvalue weighted by atomic mass is 10.00. The van der Waals surface area contributed by atoms with E-state index in [1.807, 2.05) is 32.0 Å². The zero-order valence-corrected chi connectivity index (χ0v) is 25.8. The molecule has 3 N–H and O–H groups in total. The normalized spacial score (nSPS) is 22.4. The van der Waals surface area contributed by atoms with Crippen LogP contribution in [0.1, 0.15) is 45.1 Å². The predicted octanol–water partition coefficient (Wildman–Crippen LogP) is 4.27. The maximum Gasteiger partial charge on any atom is 0.264 e. The van der Waals surface area contributed by atoms with Crippen molar-refractivity contribution in [2.24, 2.45) is 11.7 Å². The zero-order chi connectivity index (χ0) is 28.3. The number of halogens is 3. The van der Waals surface area contributed by atoms with E-state index in [1.165, 1.54) is 23.8 Å². The Kier molecular flexibility index (Phi) is 11.3. The lowest BCUT2D eigenvalue weighted by molar-refractivity contribution is -0.142. The Bertz CT molecular complexity index is 1300. The van der Waals surface area contributed by atoms with Crippen LogP contribution < -0.4 is 10.5 Å². The minimum absolute atomic E-state index is 0. The molecule has 2 saturated heterocycles. The Morgan fingerprint density at radius 3 is 2.48 bits per heavy atom. The lowest BCUT2D eigenvalue weighted by Crippen LogP contribution is -2.54. The Morgan fingerprint density at radius 2 is 1.82 bits per heavy atom. The molecular formula is C28H37Cl3N4O4S. The molecule has 220 valence electrons. The third-order valence-electron chi connectivity index (χ3n) is 7.53. The van der Waals surface area contributed by atoms with Crippen LogP contribution in [0.5, 0.6) is 0 Å². The Hall–Kier alpha value is -1.88. The molecular weight excluding hydrogens is 595 g/mol. The third-order valence-corrected chi connectivity index (χ3v) is 9.61. The van der Waals surface area contributed by atoms with E-state index in [4.69, 9.17) is 28.9 Å². The summed E-state index contributed by atoms with van der Waals surface area (Å²) in [7, 11) is -4.23. The number of hydrogen-bond donors (Lipinski definition) is 2. The van der Waals surface area contributed by atoms with E-state index in [9.17, 15) is 18.0 Å². The summed E-state index contributed by atoms with van der Waals surface area (Å²) in [5.41, 5.74) is 7.55. The van der Waals surface area contributed by atoms with E-state index >= 15 is 0 Å². The van der Waals surface area contributed by atoms with Crippen molar-refractivity contribution in [3.05, 3.63) is 64.1 Å². The Labute approximate surface area is 253 Å². The molecule has 0 saturated carbocycles. The second-order valence-corrected chi connectivity index (χ2v) is 13.4. The molecule has 0 spiro atoms. The van der Waals surface area contributed by atoms with Crippen LogP contribution in [0.4, 0.5) is 0 Å². The highest BCUT2D eigenvalue weighted by Crippen LogP contribution is 2.31. The minimum Gasteiger partial charge on any atom is -0.329 e. The number of hydrogen-bond acceptors (Lipinski definition) is 6. The summed E-state index contributed by atoms with van der Waals surface area (Å²) in [6.45, 7) is 4.86. The van der Waals surface area contributed by atoms with Gasteiger partial charge in [0.2, 0.25) is 5.91 Å². The first kappa shape index (κ1) is 32.6. The summed E-state index contributed by atoms with van der Waals surface area (Å²) >= 11 is 11.9. The largest absolute Gasteiger partial charge is 0.329 e. The molecule has 2 aliphatic heterocycles. The van der Waals surface area contributed by atoms with Gasteiger partial charge in [-0.15, -0.1) is 12.4 Å². The van der Waals surface area contributed by atoms with Crippen LogP contribution in [0.15, 0.2) is 53.4 Å². The first-order valence-electron chi connectivity index (χ1n) is 13.3. The molecule has 2 aliphatic rings. The SMILES string of the molecule is CC(C)C[C@H](C(=O)NS(=O)(=O)c1ccc(Cl)c(Cl)c1)N1CCC(CCc2ccccc2)N2C[C@H](N)C[C@H]2C1=O.Cl. The van der Waals surface area contributed by atoms with Crippen LogP contribution in [0.2, 0.25) is 10.0 Å². The van der Waals surface area contributed by atoms with Crippen molar-refractivity contribution >= 4 is 57.4 Å². The van der Waals surface area contributed by atoms with Gasteiger partial charge in [-0.05, 0) is 61.8 Å². The summed E-state index contributed by atoms with van der Waals surface area (Å²) in [4.78, 5) is 31.1. The van der Waals surface area contributed by atoms with Crippen LogP contribution in [0.3, 0.4) is 0 Å². The van der Waals surface area contributed by atoms with E-state index in [-0.39, 0.29) is 51.3 Å². The second kappa shape index (κ2) is 13.9. The second-order valence-electron chi connectivity index (χ2n) is 10.9. The fourth-order valence-electron chi connectivity index (χ4n) is 5.62. The molecule has 2 aromatic rings. The number of carbonyl (C=O) groups excluding carboxylic acids is 2. The van der Waals surface area contributed by atoms with Gasteiger partial charge in [-0.3, -0.25) is 14.5 Å². The fraction of sp³-hybridized carbons (Fsp3) is 0.500.